The van der Waals surface area contributed by atoms with Gasteiger partial charge in [0.25, 0.3) is 0 Å². The van der Waals surface area contributed by atoms with Crippen LogP contribution in [0.2, 0.25) is 0 Å². The minimum atomic E-state index is 1.44. The van der Waals surface area contributed by atoms with Gasteiger partial charge in [0.05, 0.1) is 0 Å². The molecule has 0 fully saturated rings. The summed E-state index contributed by atoms with van der Waals surface area (Å²) in [6.45, 7) is 0. The van der Waals surface area contributed by atoms with Gasteiger partial charge in [-0.05, 0) is 0 Å². The lowest BCUT2D eigenvalue weighted by atomic mass is 11.2. The zero-order valence-electron chi connectivity index (χ0n) is 2.39. The van der Waals surface area contributed by atoms with E-state index in [1.807, 2.05) is 0 Å². The van der Waals surface area contributed by atoms with Crippen LogP contribution in [0, 0.1) is 11.5 Å². The lowest BCUT2D eigenvalue weighted by Gasteiger charge is -1.53. The standard InChI is InChI=1S/C2H3N2/c1-4-2-3/h1H3. The number of nitrogens with zero attached hydrogens (tertiary/aromatic N) is 2. The molecule has 2 heteroatoms. The third-order valence-electron chi connectivity index (χ3n) is 0.100. The van der Waals surface area contributed by atoms with Gasteiger partial charge in [0.15, 0.2) is 6.19 Å². The van der Waals surface area contributed by atoms with E-state index < -0.39 is 0 Å². The summed E-state index contributed by atoms with van der Waals surface area (Å²) in [5, 5.41) is 10.5. The third-order valence-corrected chi connectivity index (χ3v) is 0.100. The molecule has 0 aliphatic rings. The normalized spacial score (nSPS) is 4.00. The van der Waals surface area contributed by atoms with Gasteiger partial charge in [0.2, 0.25) is 0 Å². The molecule has 0 aromatic carbocycles. The summed E-state index contributed by atoms with van der Waals surface area (Å²) < 4.78 is 0. The molecule has 4 heavy (non-hydrogen) atoms. The quantitative estimate of drug-likeness (QED) is 0.350. The molecule has 0 heterocycles. The molecule has 0 rings (SSSR count). The Bertz CT molecular complexity index is 33.8. The van der Waals surface area contributed by atoms with Gasteiger partial charge >= 0.3 is 0 Å². The van der Waals surface area contributed by atoms with E-state index in [0.29, 0.717) is 0 Å². The van der Waals surface area contributed by atoms with E-state index in [2.05, 4.69) is 5.32 Å². The molecule has 0 aliphatic heterocycles. The molecular formula is C2H3N2. The van der Waals surface area contributed by atoms with Crippen LogP contribution in [0.3, 0.4) is 0 Å². The van der Waals surface area contributed by atoms with E-state index in [0.717, 1.165) is 0 Å². The van der Waals surface area contributed by atoms with Crippen LogP contribution >= 0.6 is 0 Å². The van der Waals surface area contributed by atoms with Crippen LogP contribution < -0.4 is 5.32 Å². The van der Waals surface area contributed by atoms with Crippen molar-refractivity contribution in [3.05, 3.63) is 0 Å². The van der Waals surface area contributed by atoms with Gasteiger partial charge in [-0.15, -0.1) is 0 Å². The maximum Gasteiger partial charge on any atom is 0.200 e. The Balaban J connectivity index is 2.43. The summed E-state index contributed by atoms with van der Waals surface area (Å²) in [5.74, 6) is 0. The zero-order valence-corrected chi connectivity index (χ0v) is 2.39. The summed E-state index contributed by atoms with van der Waals surface area (Å²) in [5.41, 5.74) is 0. The summed E-state index contributed by atoms with van der Waals surface area (Å²) in [6.07, 6.45) is 1.56. The Hall–Kier alpha value is -0.710. The van der Waals surface area contributed by atoms with Crippen molar-refractivity contribution in [1.29, 1.82) is 5.26 Å². The second kappa shape index (κ2) is 2.29. The van der Waals surface area contributed by atoms with Crippen molar-refractivity contribution in [1.82, 2.24) is 5.32 Å². The number of hydrogen-bond acceptors (Lipinski definition) is 1. The van der Waals surface area contributed by atoms with Gasteiger partial charge in [0.1, 0.15) is 0 Å². The molecule has 2 nitrogen and oxygen atoms in total. The van der Waals surface area contributed by atoms with Gasteiger partial charge in [-0.3, -0.25) is 0 Å². The number of hydrogen-bond donors (Lipinski definition) is 0. The first kappa shape index (κ1) is 3.29. The molecule has 0 amide bonds. The lowest BCUT2D eigenvalue weighted by Crippen LogP contribution is -1.76. The van der Waals surface area contributed by atoms with Crippen LogP contribution in [0.25, 0.3) is 0 Å². The topological polar surface area (TPSA) is 37.9 Å². The predicted molar refractivity (Wildman–Crippen MR) is 13.7 cm³/mol. The Kier molecular flexibility index (Phi) is 1.88. The fourth-order valence-electron chi connectivity index (χ4n) is 0. The highest BCUT2D eigenvalue weighted by Crippen LogP contribution is 1.24. The molecule has 0 aliphatic carbocycles. The average molecular weight is 55.1 g/mol. The van der Waals surface area contributed by atoms with Crippen molar-refractivity contribution in [3.8, 4) is 6.19 Å². The predicted octanol–water partition coefficient (Wildman–Crippen LogP) is -0.298. The van der Waals surface area contributed by atoms with E-state index in [9.17, 15) is 0 Å². The summed E-state index contributed by atoms with van der Waals surface area (Å²) in [7, 11) is 1.44. The van der Waals surface area contributed by atoms with Gasteiger partial charge in [-0.25, -0.2) is 5.32 Å². The Morgan fingerprint density at radius 2 is 2.25 bits per heavy atom. The van der Waals surface area contributed by atoms with E-state index in [1.165, 1.54) is 7.05 Å². The van der Waals surface area contributed by atoms with Gasteiger partial charge in [-0.1, -0.05) is 0 Å². The first-order valence-corrected chi connectivity index (χ1v) is 0.894. The Morgan fingerprint density at radius 1 is 2.00 bits per heavy atom. The second-order valence-electron chi connectivity index (χ2n) is 0.324. The van der Waals surface area contributed by atoms with Crippen molar-refractivity contribution in [2.24, 2.45) is 0 Å². The van der Waals surface area contributed by atoms with Gasteiger partial charge in [-0.2, -0.15) is 5.26 Å². The number of rotatable bonds is 0. The Labute approximate surface area is 25.0 Å². The molecule has 0 aromatic heterocycles. The molecule has 0 aromatic rings. The van der Waals surface area contributed by atoms with Crippen LogP contribution in [0.4, 0.5) is 0 Å². The monoisotopic (exact) mass is 55.0 g/mol. The van der Waals surface area contributed by atoms with Crippen LogP contribution in [0.5, 0.6) is 0 Å². The summed E-state index contributed by atoms with van der Waals surface area (Å²) in [4.78, 5) is 0. The minimum absolute atomic E-state index is 1.44. The van der Waals surface area contributed by atoms with Crippen molar-refractivity contribution < 1.29 is 0 Å². The van der Waals surface area contributed by atoms with Crippen LogP contribution in [0.15, 0.2) is 0 Å². The molecule has 0 atom stereocenters. The highest BCUT2D eigenvalue weighted by Gasteiger charge is 1.45. The maximum absolute atomic E-state index is 7.46. The molecule has 0 unspecified atom stereocenters. The van der Waals surface area contributed by atoms with E-state index >= 15 is 0 Å². The molecule has 0 bridgehead atoms. The molecule has 0 saturated heterocycles. The summed E-state index contributed by atoms with van der Waals surface area (Å²) >= 11 is 0. The van der Waals surface area contributed by atoms with Crippen molar-refractivity contribution in [2.75, 3.05) is 7.05 Å². The fraction of sp³-hybridized carbons (Fsp3) is 0.500. The average Bonchev–Trinajstić information content (AvgIpc) is 1.37. The van der Waals surface area contributed by atoms with Crippen LogP contribution in [-0.4, -0.2) is 7.05 Å². The van der Waals surface area contributed by atoms with Gasteiger partial charge in [0, 0.05) is 7.05 Å². The Morgan fingerprint density at radius 3 is 2.25 bits per heavy atom. The van der Waals surface area contributed by atoms with Crippen molar-refractivity contribution in [2.45, 2.75) is 0 Å². The zero-order chi connectivity index (χ0) is 3.41. The first-order chi connectivity index (χ1) is 1.91. The summed E-state index contributed by atoms with van der Waals surface area (Å²) in [6, 6.07) is 0. The van der Waals surface area contributed by atoms with Crippen LogP contribution in [0.1, 0.15) is 0 Å². The maximum atomic E-state index is 7.46. The smallest absolute Gasteiger partial charge is 0.200 e. The molecule has 21 valence electrons. The lowest BCUT2D eigenvalue weighted by molar-refractivity contribution is 1.09. The molecular weight excluding hydrogens is 52.0 g/mol. The highest BCUT2D eigenvalue weighted by atomic mass is 14.8. The van der Waals surface area contributed by atoms with E-state index in [1.54, 1.807) is 6.19 Å². The largest absolute Gasteiger partial charge is 0.215 e. The third kappa shape index (κ3) is 1.29. The SMILES string of the molecule is C[N]C#N. The van der Waals surface area contributed by atoms with E-state index in [4.69, 9.17) is 5.26 Å². The van der Waals surface area contributed by atoms with Crippen molar-refractivity contribution >= 4 is 0 Å². The van der Waals surface area contributed by atoms with Crippen LogP contribution in [-0.2, 0) is 0 Å². The van der Waals surface area contributed by atoms with E-state index in [-0.39, 0.29) is 0 Å². The fourth-order valence-corrected chi connectivity index (χ4v) is 0. The highest BCUT2D eigenvalue weighted by molar-refractivity contribution is 4.55. The number of nitriles is 1. The molecule has 0 saturated carbocycles. The second-order valence-corrected chi connectivity index (χ2v) is 0.324. The van der Waals surface area contributed by atoms with Crippen molar-refractivity contribution in [3.63, 3.8) is 0 Å². The molecule has 1 radical (unpaired) electrons. The minimum Gasteiger partial charge on any atom is -0.215 e. The molecule has 0 N–H and O–H groups in total. The first-order valence-electron chi connectivity index (χ1n) is 0.894. The molecule has 0 spiro atoms. The van der Waals surface area contributed by atoms with Gasteiger partial charge < -0.3 is 0 Å².